The molecule has 8 heteroatoms. The minimum absolute atomic E-state index is 0.280. The number of hydrogen-bond donors (Lipinski definition) is 2. The van der Waals surface area contributed by atoms with Gasteiger partial charge >= 0.3 is 0 Å². The molecule has 0 fully saturated rings. The van der Waals surface area contributed by atoms with Crippen LogP contribution in [-0.4, -0.2) is 31.4 Å². The van der Waals surface area contributed by atoms with E-state index in [2.05, 4.69) is 19.9 Å². The van der Waals surface area contributed by atoms with Crippen LogP contribution in [0.1, 0.15) is 10.4 Å². The van der Waals surface area contributed by atoms with Crippen molar-refractivity contribution >= 4 is 33.8 Å². The fourth-order valence-corrected chi connectivity index (χ4v) is 2.72. The van der Waals surface area contributed by atoms with Gasteiger partial charge in [-0.15, -0.1) is 0 Å². The first-order chi connectivity index (χ1) is 12.1. The van der Waals surface area contributed by atoms with E-state index in [9.17, 15) is 4.79 Å². The maximum Gasteiger partial charge on any atom is 0.282 e. The lowest BCUT2D eigenvalue weighted by atomic mass is 10.2. The minimum atomic E-state index is -0.514. The van der Waals surface area contributed by atoms with E-state index in [0.29, 0.717) is 16.6 Å². The number of pyridine rings is 1. The summed E-state index contributed by atoms with van der Waals surface area (Å²) in [6.45, 7) is 0. The number of aromatic nitrogens is 4. The second kappa shape index (κ2) is 5.68. The molecule has 0 spiro atoms. The van der Waals surface area contributed by atoms with Gasteiger partial charge in [-0.25, -0.2) is 15.0 Å². The molecular formula is C17H13N7O. The van der Waals surface area contributed by atoms with Gasteiger partial charge in [-0.2, -0.15) is 4.99 Å². The van der Waals surface area contributed by atoms with Gasteiger partial charge in [0.15, 0.2) is 5.96 Å². The Labute approximate surface area is 141 Å². The highest BCUT2D eigenvalue weighted by Crippen LogP contribution is 2.25. The number of guanidine groups is 1. The topological polar surface area (TPSA) is 125 Å². The predicted molar refractivity (Wildman–Crippen MR) is 94.3 cm³/mol. The number of nitrogens with zero attached hydrogens (tertiary/aromatic N) is 5. The van der Waals surface area contributed by atoms with E-state index in [1.807, 2.05) is 22.8 Å². The van der Waals surface area contributed by atoms with Crippen molar-refractivity contribution in [3.63, 3.8) is 0 Å². The van der Waals surface area contributed by atoms with Gasteiger partial charge in [0.25, 0.3) is 5.91 Å². The Kier molecular flexibility index (Phi) is 3.35. The van der Waals surface area contributed by atoms with E-state index in [-0.39, 0.29) is 5.96 Å². The third kappa shape index (κ3) is 2.55. The number of amides is 1. The standard InChI is InChI=1S/C17H13N7O/c18-17(19)23-16(25)13-8-24(15-12(13)2-1-5-21-15)11-4-3-10-7-20-9-22-14(10)6-11/h1-9H,(H4,18,19,23,25). The van der Waals surface area contributed by atoms with Crippen molar-refractivity contribution in [1.82, 2.24) is 19.5 Å². The molecule has 0 unspecified atom stereocenters. The lowest BCUT2D eigenvalue weighted by Crippen LogP contribution is -2.24. The number of hydrogen-bond acceptors (Lipinski definition) is 4. The molecule has 0 aliphatic heterocycles. The van der Waals surface area contributed by atoms with Crippen molar-refractivity contribution in [1.29, 1.82) is 0 Å². The Bertz CT molecular complexity index is 1140. The van der Waals surface area contributed by atoms with Gasteiger partial charge in [0, 0.05) is 35.1 Å². The van der Waals surface area contributed by atoms with Crippen LogP contribution in [0.2, 0.25) is 0 Å². The highest BCUT2D eigenvalue weighted by atomic mass is 16.1. The van der Waals surface area contributed by atoms with E-state index in [1.54, 1.807) is 30.7 Å². The van der Waals surface area contributed by atoms with Gasteiger partial charge in [-0.1, -0.05) is 0 Å². The molecule has 122 valence electrons. The van der Waals surface area contributed by atoms with Gasteiger partial charge in [0.05, 0.1) is 11.1 Å². The number of carbonyl (C=O) groups is 1. The molecule has 0 saturated carbocycles. The number of nitrogens with two attached hydrogens (primary N) is 2. The molecule has 0 bridgehead atoms. The molecule has 0 radical (unpaired) electrons. The van der Waals surface area contributed by atoms with Crippen molar-refractivity contribution in [2.24, 2.45) is 16.5 Å². The summed E-state index contributed by atoms with van der Waals surface area (Å²) in [5.74, 6) is -0.794. The molecule has 1 aromatic carbocycles. The van der Waals surface area contributed by atoms with Crippen LogP contribution in [0.4, 0.5) is 0 Å². The molecule has 4 N–H and O–H groups in total. The summed E-state index contributed by atoms with van der Waals surface area (Å²) in [4.78, 5) is 28.6. The Morgan fingerprint density at radius 1 is 1.16 bits per heavy atom. The van der Waals surface area contributed by atoms with Gasteiger partial charge in [-0.05, 0) is 30.3 Å². The first kappa shape index (κ1) is 14.8. The fourth-order valence-electron chi connectivity index (χ4n) is 2.72. The largest absolute Gasteiger partial charge is 0.370 e. The van der Waals surface area contributed by atoms with Gasteiger partial charge in [0.2, 0.25) is 0 Å². The van der Waals surface area contributed by atoms with Crippen molar-refractivity contribution < 1.29 is 4.79 Å². The maximum absolute atomic E-state index is 12.3. The molecule has 1 amide bonds. The molecule has 3 heterocycles. The highest BCUT2D eigenvalue weighted by molar-refractivity contribution is 6.10. The average Bonchev–Trinajstić information content (AvgIpc) is 3.00. The smallest absolute Gasteiger partial charge is 0.282 e. The lowest BCUT2D eigenvalue weighted by molar-refractivity contribution is 0.100. The monoisotopic (exact) mass is 331 g/mol. The quantitative estimate of drug-likeness (QED) is 0.422. The summed E-state index contributed by atoms with van der Waals surface area (Å²) in [5, 5.41) is 1.59. The third-order valence-corrected chi connectivity index (χ3v) is 3.79. The Balaban J connectivity index is 1.95. The Hall–Kier alpha value is -3.81. The van der Waals surface area contributed by atoms with Gasteiger partial charge in [0.1, 0.15) is 12.0 Å². The zero-order valence-electron chi connectivity index (χ0n) is 13.0. The number of fused-ring (bicyclic) bond motifs is 2. The van der Waals surface area contributed by atoms with E-state index < -0.39 is 5.91 Å². The van der Waals surface area contributed by atoms with Crippen LogP contribution in [-0.2, 0) is 0 Å². The summed E-state index contributed by atoms with van der Waals surface area (Å²) >= 11 is 0. The molecule has 0 atom stereocenters. The highest BCUT2D eigenvalue weighted by Gasteiger charge is 2.16. The van der Waals surface area contributed by atoms with Crippen LogP contribution in [0.5, 0.6) is 0 Å². The second-order valence-electron chi connectivity index (χ2n) is 5.40. The summed E-state index contributed by atoms with van der Waals surface area (Å²) < 4.78 is 1.81. The van der Waals surface area contributed by atoms with Crippen molar-refractivity contribution in [3.05, 3.63) is 60.8 Å². The Morgan fingerprint density at radius 2 is 2.04 bits per heavy atom. The van der Waals surface area contributed by atoms with Gasteiger partial charge < -0.3 is 16.0 Å². The fraction of sp³-hybridized carbons (Fsp3) is 0. The molecule has 3 aromatic heterocycles. The first-order valence-corrected chi connectivity index (χ1v) is 7.43. The van der Waals surface area contributed by atoms with Crippen molar-refractivity contribution in [2.75, 3.05) is 0 Å². The molecule has 0 saturated heterocycles. The van der Waals surface area contributed by atoms with Crippen LogP contribution in [0.15, 0.2) is 60.2 Å². The first-order valence-electron chi connectivity index (χ1n) is 7.43. The van der Waals surface area contributed by atoms with Crippen LogP contribution in [0.3, 0.4) is 0 Å². The summed E-state index contributed by atoms with van der Waals surface area (Å²) in [7, 11) is 0. The van der Waals surface area contributed by atoms with Crippen LogP contribution in [0.25, 0.3) is 27.6 Å². The lowest BCUT2D eigenvalue weighted by Gasteiger charge is -2.05. The minimum Gasteiger partial charge on any atom is -0.370 e. The predicted octanol–water partition coefficient (Wildman–Crippen LogP) is 1.38. The van der Waals surface area contributed by atoms with Crippen LogP contribution in [0, 0.1) is 0 Å². The maximum atomic E-state index is 12.3. The normalized spacial score (nSPS) is 10.9. The summed E-state index contributed by atoms with van der Waals surface area (Å²) in [6, 6.07) is 9.29. The number of carbonyl (C=O) groups excluding carboxylic acids is 1. The van der Waals surface area contributed by atoms with Crippen molar-refractivity contribution in [3.8, 4) is 5.69 Å². The summed E-state index contributed by atoms with van der Waals surface area (Å²) in [5.41, 5.74) is 13.3. The van der Waals surface area contributed by atoms with Crippen molar-refractivity contribution in [2.45, 2.75) is 0 Å². The SMILES string of the molecule is NC(N)=NC(=O)c1cn(-c2ccc3cncnc3c2)c2ncccc12. The zero-order valence-corrected chi connectivity index (χ0v) is 13.0. The molecule has 4 aromatic rings. The van der Waals surface area contributed by atoms with E-state index >= 15 is 0 Å². The number of rotatable bonds is 2. The summed E-state index contributed by atoms with van der Waals surface area (Å²) in [6.07, 6.45) is 6.57. The zero-order chi connectivity index (χ0) is 17.4. The molecular weight excluding hydrogens is 318 g/mol. The molecule has 0 aliphatic rings. The molecule has 8 nitrogen and oxygen atoms in total. The number of aliphatic imine (C=N–C) groups is 1. The number of benzene rings is 1. The van der Waals surface area contributed by atoms with E-state index in [0.717, 1.165) is 16.6 Å². The van der Waals surface area contributed by atoms with Gasteiger partial charge in [-0.3, -0.25) is 4.79 Å². The third-order valence-electron chi connectivity index (χ3n) is 3.79. The van der Waals surface area contributed by atoms with Crippen LogP contribution >= 0.6 is 0 Å². The molecule has 0 aliphatic carbocycles. The average molecular weight is 331 g/mol. The molecule has 4 rings (SSSR count). The van der Waals surface area contributed by atoms with Crippen LogP contribution < -0.4 is 11.5 Å². The molecule has 25 heavy (non-hydrogen) atoms. The Morgan fingerprint density at radius 3 is 2.88 bits per heavy atom. The van der Waals surface area contributed by atoms with E-state index in [1.165, 1.54) is 6.33 Å². The van der Waals surface area contributed by atoms with E-state index in [4.69, 9.17) is 11.5 Å². The second-order valence-corrected chi connectivity index (χ2v) is 5.40.